The lowest BCUT2D eigenvalue weighted by molar-refractivity contribution is -0.128. The summed E-state index contributed by atoms with van der Waals surface area (Å²) in [6.45, 7) is 7.44. The van der Waals surface area contributed by atoms with Gasteiger partial charge in [0.1, 0.15) is 11.5 Å². The van der Waals surface area contributed by atoms with Crippen LogP contribution in [0.25, 0.3) is 0 Å². The molecule has 4 aliphatic heterocycles. The second-order valence-electron chi connectivity index (χ2n) is 10.6. The van der Waals surface area contributed by atoms with Crippen LogP contribution in [0.4, 0.5) is 10.5 Å². The number of urea groups is 1. The minimum absolute atomic E-state index is 0.0104. The molecule has 4 heterocycles. The Hall–Kier alpha value is -3.76. The van der Waals surface area contributed by atoms with E-state index in [1.54, 1.807) is 4.90 Å². The molecule has 4 aliphatic rings. The van der Waals surface area contributed by atoms with E-state index in [0.29, 0.717) is 29.4 Å². The van der Waals surface area contributed by atoms with E-state index in [-0.39, 0.29) is 41.2 Å². The number of benzene rings is 2. The average molecular weight is 560 g/mol. The van der Waals surface area contributed by atoms with Crippen LogP contribution in [-0.2, 0) is 9.59 Å². The Balaban J connectivity index is 1.22. The molecule has 9 nitrogen and oxygen atoms in total. The SMILES string of the molecule is C=CC(=O)N1CCC[C@H](NC(=O)C2=C3NC(=O)N(c4ccc(Oc5ccccc5)cc4C)C4CCNC(S2)C34)C1. The second kappa shape index (κ2) is 11.0. The molecule has 4 atom stereocenters. The van der Waals surface area contributed by atoms with Crippen LogP contribution in [0, 0.1) is 12.8 Å². The maximum Gasteiger partial charge on any atom is 0.326 e. The number of aryl methyl sites for hydroxylation is 1. The zero-order valence-electron chi connectivity index (χ0n) is 22.4. The molecule has 3 unspecified atom stereocenters. The van der Waals surface area contributed by atoms with Gasteiger partial charge in [0.05, 0.1) is 16.3 Å². The van der Waals surface area contributed by atoms with E-state index in [1.165, 1.54) is 17.8 Å². The van der Waals surface area contributed by atoms with Crippen LogP contribution >= 0.6 is 11.8 Å². The van der Waals surface area contributed by atoms with E-state index in [0.717, 1.165) is 42.8 Å². The number of carbonyl (C=O) groups excluding carboxylic acids is 3. The molecule has 0 saturated carbocycles. The highest BCUT2D eigenvalue weighted by Gasteiger charge is 2.52. The number of hydrogen-bond acceptors (Lipinski definition) is 6. The van der Waals surface area contributed by atoms with Crippen molar-refractivity contribution in [1.82, 2.24) is 20.9 Å². The third-order valence-corrected chi connectivity index (χ3v) is 9.35. The highest BCUT2D eigenvalue weighted by atomic mass is 32.2. The van der Waals surface area contributed by atoms with Crippen molar-refractivity contribution in [3.63, 3.8) is 0 Å². The Morgan fingerprint density at radius 2 is 1.98 bits per heavy atom. The van der Waals surface area contributed by atoms with Crippen molar-refractivity contribution in [2.45, 2.75) is 43.6 Å². The summed E-state index contributed by atoms with van der Waals surface area (Å²) in [4.78, 5) is 43.3. The molecule has 3 fully saturated rings. The van der Waals surface area contributed by atoms with Crippen molar-refractivity contribution >= 4 is 35.3 Å². The predicted octanol–water partition coefficient (Wildman–Crippen LogP) is 3.87. The predicted molar refractivity (Wildman–Crippen MR) is 155 cm³/mol. The van der Waals surface area contributed by atoms with Crippen molar-refractivity contribution in [3.8, 4) is 11.5 Å². The summed E-state index contributed by atoms with van der Waals surface area (Å²) in [7, 11) is 0. The normalized spacial score (nSPS) is 25.7. The molecule has 3 N–H and O–H groups in total. The number of rotatable bonds is 6. The Kier molecular flexibility index (Phi) is 7.29. The zero-order chi connectivity index (χ0) is 27.8. The first-order chi connectivity index (χ1) is 19.4. The van der Waals surface area contributed by atoms with Crippen molar-refractivity contribution in [2.24, 2.45) is 5.92 Å². The summed E-state index contributed by atoms with van der Waals surface area (Å²) in [6.07, 6.45) is 3.71. The molecule has 208 valence electrons. The van der Waals surface area contributed by atoms with Gasteiger partial charge in [0.2, 0.25) is 5.91 Å². The van der Waals surface area contributed by atoms with E-state index in [2.05, 4.69) is 22.5 Å². The van der Waals surface area contributed by atoms with Crippen LogP contribution in [0.15, 0.2) is 71.8 Å². The van der Waals surface area contributed by atoms with Crippen LogP contribution in [0.1, 0.15) is 24.8 Å². The Bertz CT molecular complexity index is 1380. The molecule has 0 spiro atoms. The molecule has 0 radical (unpaired) electrons. The number of piperidine rings is 2. The standard InChI is InChI=1S/C30H33N5O4S/c1-3-24(36)34-15-7-8-19(17-34)32-28(37)27-26-25-23(13-14-31-29(25)40-27)35(30(38)33-26)22-12-11-21(16-18(22)2)39-20-9-5-4-6-10-20/h3-6,9-12,16,19,23,25,29,31H,1,7-8,13-15,17H2,2H3,(H,32,37)(H,33,38)/t19-,23?,25?,29?/m0/s1. The Morgan fingerprint density at radius 3 is 2.75 bits per heavy atom. The fraction of sp³-hybridized carbons (Fsp3) is 0.367. The van der Waals surface area contributed by atoms with E-state index in [1.807, 2.05) is 60.4 Å². The van der Waals surface area contributed by atoms with Gasteiger partial charge in [-0.3, -0.25) is 14.5 Å². The number of para-hydroxylation sites is 1. The minimum Gasteiger partial charge on any atom is -0.457 e. The minimum atomic E-state index is -0.232. The maximum atomic E-state index is 13.6. The van der Waals surface area contributed by atoms with Crippen molar-refractivity contribution in [3.05, 3.63) is 77.4 Å². The molecule has 6 rings (SSSR count). The molecule has 3 saturated heterocycles. The van der Waals surface area contributed by atoms with Crippen LogP contribution in [0.5, 0.6) is 11.5 Å². The molecule has 2 aromatic carbocycles. The van der Waals surface area contributed by atoms with Crippen LogP contribution < -0.4 is 25.6 Å². The smallest absolute Gasteiger partial charge is 0.326 e. The Labute approximate surface area is 238 Å². The number of hydrogen-bond donors (Lipinski definition) is 3. The molecule has 10 heteroatoms. The molecular weight excluding hydrogens is 526 g/mol. The van der Waals surface area contributed by atoms with Gasteiger partial charge in [0.15, 0.2) is 0 Å². The third kappa shape index (κ3) is 4.97. The summed E-state index contributed by atoms with van der Waals surface area (Å²) in [6, 6.07) is 14.9. The molecule has 4 amide bonds. The quantitative estimate of drug-likeness (QED) is 0.465. The van der Waals surface area contributed by atoms with Crippen molar-refractivity contribution in [2.75, 3.05) is 24.5 Å². The first-order valence-electron chi connectivity index (χ1n) is 13.7. The second-order valence-corrected chi connectivity index (χ2v) is 11.7. The molecule has 0 bridgehead atoms. The van der Waals surface area contributed by atoms with Gasteiger partial charge < -0.3 is 25.6 Å². The lowest BCUT2D eigenvalue weighted by Crippen LogP contribution is -2.62. The number of ether oxygens (including phenoxy) is 1. The van der Waals surface area contributed by atoms with Crippen LogP contribution in [0.2, 0.25) is 0 Å². The molecular formula is C30H33N5O4S. The highest BCUT2D eigenvalue weighted by Crippen LogP contribution is 2.48. The fourth-order valence-electron chi connectivity index (χ4n) is 6.16. The lowest BCUT2D eigenvalue weighted by Gasteiger charge is -2.46. The maximum absolute atomic E-state index is 13.6. The first-order valence-corrected chi connectivity index (χ1v) is 14.6. The molecule has 40 heavy (non-hydrogen) atoms. The van der Waals surface area contributed by atoms with Gasteiger partial charge in [0.25, 0.3) is 5.91 Å². The number of thioether (sulfide) groups is 1. The fourth-order valence-corrected chi connectivity index (χ4v) is 7.56. The van der Waals surface area contributed by atoms with Crippen LogP contribution in [-0.4, -0.2) is 59.8 Å². The van der Waals surface area contributed by atoms with Gasteiger partial charge in [0, 0.05) is 36.4 Å². The third-order valence-electron chi connectivity index (χ3n) is 8.00. The topological polar surface area (TPSA) is 103 Å². The number of nitrogens with one attached hydrogen (secondary N) is 3. The number of anilines is 1. The van der Waals surface area contributed by atoms with Gasteiger partial charge in [-0.25, -0.2) is 4.79 Å². The number of nitrogens with zero attached hydrogens (tertiary/aromatic N) is 2. The largest absolute Gasteiger partial charge is 0.457 e. The molecule has 0 aliphatic carbocycles. The summed E-state index contributed by atoms with van der Waals surface area (Å²) < 4.78 is 6.00. The summed E-state index contributed by atoms with van der Waals surface area (Å²) in [5.41, 5.74) is 2.47. The van der Waals surface area contributed by atoms with E-state index in [4.69, 9.17) is 4.74 Å². The number of carbonyl (C=O) groups is 3. The van der Waals surface area contributed by atoms with Gasteiger partial charge in [-0.15, -0.1) is 0 Å². The monoisotopic (exact) mass is 559 g/mol. The van der Waals surface area contributed by atoms with Gasteiger partial charge in [-0.1, -0.05) is 36.5 Å². The van der Waals surface area contributed by atoms with Crippen molar-refractivity contribution in [1.29, 1.82) is 0 Å². The number of amides is 4. The Morgan fingerprint density at radius 1 is 1.15 bits per heavy atom. The van der Waals surface area contributed by atoms with E-state index < -0.39 is 0 Å². The van der Waals surface area contributed by atoms with Gasteiger partial charge in [-0.2, -0.15) is 0 Å². The lowest BCUT2D eigenvalue weighted by atomic mass is 9.86. The highest BCUT2D eigenvalue weighted by molar-refractivity contribution is 8.04. The van der Waals surface area contributed by atoms with E-state index in [9.17, 15) is 14.4 Å². The first kappa shape index (κ1) is 26.5. The summed E-state index contributed by atoms with van der Waals surface area (Å²) in [5, 5.41) is 9.74. The van der Waals surface area contributed by atoms with Crippen molar-refractivity contribution < 1.29 is 19.1 Å². The summed E-state index contributed by atoms with van der Waals surface area (Å²) in [5.74, 6) is 1.11. The van der Waals surface area contributed by atoms with Gasteiger partial charge >= 0.3 is 6.03 Å². The average Bonchev–Trinajstić information content (AvgIpc) is 3.33. The zero-order valence-corrected chi connectivity index (χ0v) is 23.2. The number of likely N-dealkylation sites (tertiary alicyclic amines) is 1. The summed E-state index contributed by atoms with van der Waals surface area (Å²) >= 11 is 1.48. The van der Waals surface area contributed by atoms with Gasteiger partial charge in [-0.05, 0) is 74.7 Å². The molecule has 0 aromatic heterocycles. The van der Waals surface area contributed by atoms with Crippen LogP contribution in [0.3, 0.4) is 0 Å². The molecule has 2 aromatic rings. The van der Waals surface area contributed by atoms with E-state index >= 15 is 0 Å².